The monoisotopic (exact) mass is 262 g/mol. The lowest BCUT2D eigenvalue weighted by Crippen LogP contribution is -2.42. The third-order valence-corrected chi connectivity index (χ3v) is 4.13. The summed E-state index contributed by atoms with van der Waals surface area (Å²) in [6, 6.07) is 5.88. The molecule has 2 unspecified atom stereocenters. The van der Waals surface area contributed by atoms with Crippen LogP contribution in [0.5, 0.6) is 0 Å². The number of hydrogen-bond acceptors (Lipinski definition) is 4. The first-order chi connectivity index (χ1) is 9.04. The number of nitrogens with two attached hydrogens (primary N) is 1. The lowest BCUT2D eigenvalue weighted by molar-refractivity contribution is 0.0601. The summed E-state index contributed by atoms with van der Waals surface area (Å²) in [4.78, 5) is 13.8. The number of esters is 1. The highest BCUT2D eigenvalue weighted by Crippen LogP contribution is 2.32. The van der Waals surface area contributed by atoms with Crippen LogP contribution in [0, 0.1) is 5.92 Å². The van der Waals surface area contributed by atoms with Gasteiger partial charge in [-0.1, -0.05) is 6.92 Å². The lowest BCUT2D eigenvalue weighted by atomic mass is 9.91. The van der Waals surface area contributed by atoms with E-state index in [-0.39, 0.29) is 5.97 Å². The van der Waals surface area contributed by atoms with Gasteiger partial charge in [0.05, 0.1) is 24.0 Å². The van der Waals surface area contributed by atoms with Crippen molar-refractivity contribution in [1.29, 1.82) is 0 Å². The van der Waals surface area contributed by atoms with Crippen LogP contribution in [0.15, 0.2) is 18.2 Å². The predicted molar refractivity (Wildman–Crippen MR) is 77.4 cm³/mol. The van der Waals surface area contributed by atoms with Crippen LogP contribution in [-0.4, -0.2) is 25.7 Å². The number of rotatable bonds is 2. The lowest BCUT2D eigenvalue weighted by Gasteiger charge is -2.40. The second-order valence-corrected chi connectivity index (χ2v) is 5.32. The van der Waals surface area contributed by atoms with E-state index in [2.05, 4.69) is 18.7 Å². The van der Waals surface area contributed by atoms with Crippen LogP contribution in [0.3, 0.4) is 0 Å². The van der Waals surface area contributed by atoms with Crippen LogP contribution < -0.4 is 10.6 Å². The van der Waals surface area contributed by atoms with Gasteiger partial charge in [-0.2, -0.15) is 0 Å². The first-order valence-corrected chi connectivity index (χ1v) is 6.79. The zero-order valence-corrected chi connectivity index (χ0v) is 11.8. The molecule has 0 aliphatic carbocycles. The number of nitrogen functional groups attached to an aromatic ring is 1. The minimum absolute atomic E-state index is 0.349. The van der Waals surface area contributed by atoms with Crippen LogP contribution in [-0.2, 0) is 4.74 Å². The Hall–Kier alpha value is -1.71. The number of nitrogens with zero attached hydrogens (tertiary/aromatic N) is 1. The molecule has 1 fully saturated rings. The average molecular weight is 262 g/mol. The maximum absolute atomic E-state index is 11.5. The van der Waals surface area contributed by atoms with Gasteiger partial charge in [0.2, 0.25) is 0 Å². The zero-order chi connectivity index (χ0) is 14.0. The molecule has 4 nitrogen and oxygen atoms in total. The summed E-state index contributed by atoms with van der Waals surface area (Å²) in [7, 11) is 1.38. The summed E-state index contributed by atoms with van der Waals surface area (Å²) in [6.07, 6.45) is 2.45. The number of hydrogen-bond donors (Lipinski definition) is 1. The molecule has 19 heavy (non-hydrogen) atoms. The van der Waals surface area contributed by atoms with Gasteiger partial charge in [-0.25, -0.2) is 4.79 Å². The summed E-state index contributed by atoms with van der Waals surface area (Å²) in [5.41, 5.74) is 8.27. The van der Waals surface area contributed by atoms with Gasteiger partial charge in [0.15, 0.2) is 0 Å². The summed E-state index contributed by atoms with van der Waals surface area (Å²) in [5, 5.41) is 0. The Kier molecular flexibility index (Phi) is 3.98. The first kappa shape index (κ1) is 13.7. The minimum atomic E-state index is -0.349. The van der Waals surface area contributed by atoms with Crippen LogP contribution >= 0.6 is 0 Å². The maximum Gasteiger partial charge on any atom is 0.337 e. The number of ether oxygens (including phenoxy) is 1. The molecule has 0 bridgehead atoms. The first-order valence-electron chi connectivity index (χ1n) is 6.79. The highest BCUT2D eigenvalue weighted by atomic mass is 16.5. The number of anilines is 2. The Morgan fingerprint density at radius 3 is 2.79 bits per heavy atom. The van der Waals surface area contributed by atoms with E-state index in [0.29, 0.717) is 23.2 Å². The van der Waals surface area contributed by atoms with Crippen molar-refractivity contribution in [3.8, 4) is 0 Å². The Morgan fingerprint density at radius 2 is 2.16 bits per heavy atom. The molecular formula is C15H22N2O2. The van der Waals surface area contributed by atoms with E-state index in [1.807, 2.05) is 6.07 Å². The quantitative estimate of drug-likeness (QED) is 0.657. The summed E-state index contributed by atoms with van der Waals surface area (Å²) in [5.74, 6) is 0.312. The van der Waals surface area contributed by atoms with Gasteiger partial charge in [0, 0.05) is 12.6 Å². The van der Waals surface area contributed by atoms with Crippen molar-refractivity contribution >= 4 is 17.3 Å². The van der Waals surface area contributed by atoms with E-state index >= 15 is 0 Å². The molecule has 2 rings (SSSR count). The third-order valence-electron chi connectivity index (χ3n) is 4.13. The van der Waals surface area contributed by atoms with Crippen molar-refractivity contribution in [2.24, 2.45) is 5.92 Å². The fourth-order valence-electron chi connectivity index (χ4n) is 2.74. The molecule has 0 spiro atoms. The molecule has 1 aliphatic heterocycles. The molecule has 0 amide bonds. The predicted octanol–water partition coefficient (Wildman–Crippen LogP) is 2.68. The largest absolute Gasteiger partial charge is 0.465 e. The summed E-state index contributed by atoms with van der Waals surface area (Å²) in [6.45, 7) is 5.53. The molecule has 0 saturated carbocycles. The Balaban J connectivity index is 2.28. The Bertz CT molecular complexity index is 473. The molecular weight excluding hydrogens is 240 g/mol. The topological polar surface area (TPSA) is 55.6 Å². The second kappa shape index (κ2) is 5.51. The number of benzene rings is 1. The van der Waals surface area contributed by atoms with Crippen molar-refractivity contribution in [3.63, 3.8) is 0 Å². The standard InChI is InChI=1S/C15H22N2O2/c1-10-5-4-8-17(11(10)2)14-7-6-12(9-13(14)16)15(18)19-3/h6-7,9-11H,4-5,8,16H2,1-3H3. The molecule has 1 aromatic carbocycles. The van der Waals surface area contributed by atoms with Gasteiger partial charge in [-0.3, -0.25) is 0 Å². The van der Waals surface area contributed by atoms with Gasteiger partial charge in [0.1, 0.15) is 0 Å². The van der Waals surface area contributed by atoms with Crippen molar-refractivity contribution in [2.45, 2.75) is 32.7 Å². The summed E-state index contributed by atoms with van der Waals surface area (Å²) >= 11 is 0. The molecule has 2 N–H and O–H groups in total. The SMILES string of the molecule is COC(=O)c1ccc(N2CCCC(C)C2C)c(N)c1. The molecule has 4 heteroatoms. The molecule has 0 aromatic heterocycles. The van der Waals surface area contributed by atoms with Crippen LogP contribution in [0.1, 0.15) is 37.0 Å². The van der Waals surface area contributed by atoms with Crippen molar-refractivity contribution in [2.75, 3.05) is 24.3 Å². The van der Waals surface area contributed by atoms with E-state index in [0.717, 1.165) is 12.2 Å². The number of methoxy groups -OCH3 is 1. The van der Waals surface area contributed by atoms with Crippen LogP contribution in [0.2, 0.25) is 0 Å². The average Bonchev–Trinajstić information content (AvgIpc) is 2.41. The zero-order valence-electron chi connectivity index (χ0n) is 11.8. The molecule has 0 radical (unpaired) electrons. The molecule has 2 atom stereocenters. The number of carbonyl (C=O) groups excluding carboxylic acids is 1. The third kappa shape index (κ3) is 2.67. The number of piperidine rings is 1. The fourth-order valence-corrected chi connectivity index (χ4v) is 2.74. The fraction of sp³-hybridized carbons (Fsp3) is 0.533. The normalized spacial score (nSPS) is 23.2. The molecule has 1 aromatic rings. The van der Waals surface area contributed by atoms with Crippen molar-refractivity contribution < 1.29 is 9.53 Å². The van der Waals surface area contributed by atoms with E-state index in [4.69, 9.17) is 10.5 Å². The van der Waals surface area contributed by atoms with Gasteiger partial charge < -0.3 is 15.4 Å². The van der Waals surface area contributed by atoms with Crippen molar-refractivity contribution in [1.82, 2.24) is 0 Å². The van der Waals surface area contributed by atoms with Gasteiger partial charge in [0.25, 0.3) is 0 Å². The minimum Gasteiger partial charge on any atom is -0.465 e. The summed E-state index contributed by atoms with van der Waals surface area (Å²) < 4.78 is 4.71. The highest BCUT2D eigenvalue weighted by molar-refractivity contribution is 5.92. The molecule has 1 saturated heterocycles. The highest BCUT2D eigenvalue weighted by Gasteiger charge is 2.26. The van der Waals surface area contributed by atoms with Crippen molar-refractivity contribution in [3.05, 3.63) is 23.8 Å². The number of carbonyl (C=O) groups is 1. The van der Waals surface area contributed by atoms with E-state index in [1.54, 1.807) is 12.1 Å². The van der Waals surface area contributed by atoms with Gasteiger partial charge in [-0.05, 0) is 43.9 Å². The Labute approximate surface area is 114 Å². The molecule has 104 valence electrons. The molecule has 1 aliphatic rings. The second-order valence-electron chi connectivity index (χ2n) is 5.32. The van der Waals surface area contributed by atoms with Crippen LogP contribution in [0.25, 0.3) is 0 Å². The van der Waals surface area contributed by atoms with Crippen LogP contribution in [0.4, 0.5) is 11.4 Å². The maximum atomic E-state index is 11.5. The van der Waals surface area contributed by atoms with E-state index < -0.39 is 0 Å². The van der Waals surface area contributed by atoms with Gasteiger partial charge in [-0.15, -0.1) is 0 Å². The van der Waals surface area contributed by atoms with E-state index in [9.17, 15) is 4.79 Å². The molecule has 1 heterocycles. The van der Waals surface area contributed by atoms with Gasteiger partial charge >= 0.3 is 5.97 Å². The van der Waals surface area contributed by atoms with E-state index in [1.165, 1.54) is 20.0 Å². The smallest absolute Gasteiger partial charge is 0.337 e. The Morgan fingerprint density at radius 1 is 1.42 bits per heavy atom.